The predicted molar refractivity (Wildman–Crippen MR) is 293 cm³/mol. The van der Waals surface area contributed by atoms with E-state index in [1.165, 1.54) is 186 Å². The lowest BCUT2D eigenvalue weighted by molar-refractivity contribution is -0.167. The zero-order chi connectivity index (χ0) is 49.3. The van der Waals surface area contributed by atoms with Gasteiger partial charge in [0, 0.05) is 19.3 Å². The summed E-state index contributed by atoms with van der Waals surface area (Å²) in [5.74, 6) is -0.968. The minimum atomic E-state index is -0.804. The standard InChI is InChI=1S/C62H108O6/c1-4-7-10-13-16-19-22-25-27-29-31-33-34-37-40-43-46-49-52-55-61(64)67-58-59(57-66-60(63)54-51-48-45-42-39-36-24-21-18-15-12-9-6-3)68-62(65)56-53-50-47-44-41-38-35-32-30-28-26-23-20-17-14-11-8-5-2/h9,12,15,18,21,24,29,31,36,39,42,45,59H,4-8,10-11,13-14,16-17,19-20,22-23,25-28,30,32-35,37-38,40-41,43-44,46-58H2,1-3H3/b12-9+,18-15+,24-21+,31-29+,39-36+,45-42+. The van der Waals surface area contributed by atoms with Crippen LogP contribution in [-0.2, 0) is 28.6 Å². The molecule has 0 aliphatic carbocycles. The van der Waals surface area contributed by atoms with Gasteiger partial charge in [-0.25, -0.2) is 0 Å². The molecular formula is C62H108O6. The van der Waals surface area contributed by atoms with E-state index < -0.39 is 6.10 Å². The number of carbonyl (C=O) groups is 3. The van der Waals surface area contributed by atoms with Crippen molar-refractivity contribution in [3.05, 3.63) is 72.9 Å². The lowest BCUT2D eigenvalue weighted by atomic mass is 10.0. The monoisotopic (exact) mass is 949 g/mol. The van der Waals surface area contributed by atoms with E-state index in [0.29, 0.717) is 19.3 Å². The Balaban J connectivity index is 4.40. The van der Waals surface area contributed by atoms with E-state index in [2.05, 4.69) is 39.0 Å². The van der Waals surface area contributed by atoms with Crippen LogP contribution in [0.1, 0.15) is 284 Å². The van der Waals surface area contributed by atoms with Crippen molar-refractivity contribution in [1.29, 1.82) is 0 Å². The molecule has 0 aromatic rings. The van der Waals surface area contributed by atoms with E-state index in [0.717, 1.165) is 51.4 Å². The first-order valence-corrected chi connectivity index (χ1v) is 29.0. The van der Waals surface area contributed by atoms with Gasteiger partial charge in [-0.15, -0.1) is 0 Å². The van der Waals surface area contributed by atoms with Crippen LogP contribution >= 0.6 is 0 Å². The molecule has 0 N–H and O–H groups in total. The molecule has 6 nitrogen and oxygen atoms in total. The molecule has 0 rings (SSSR count). The summed E-state index contributed by atoms with van der Waals surface area (Å²) in [6, 6.07) is 0. The van der Waals surface area contributed by atoms with Gasteiger partial charge in [0.05, 0.1) is 0 Å². The normalized spacial score (nSPS) is 12.6. The molecule has 1 unspecified atom stereocenters. The molecule has 0 amide bonds. The van der Waals surface area contributed by atoms with Crippen LogP contribution < -0.4 is 0 Å². The van der Waals surface area contributed by atoms with Crippen molar-refractivity contribution in [1.82, 2.24) is 0 Å². The fourth-order valence-electron chi connectivity index (χ4n) is 8.23. The lowest BCUT2D eigenvalue weighted by Crippen LogP contribution is -2.30. The zero-order valence-electron chi connectivity index (χ0n) is 44.9. The maximum atomic E-state index is 12.9. The molecule has 0 heterocycles. The van der Waals surface area contributed by atoms with Gasteiger partial charge in [0.25, 0.3) is 0 Å². The minimum Gasteiger partial charge on any atom is -0.462 e. The number of rotatable bonds is 52. The smallest absolute Gasteiger partial charge is 0.306 e. The Morgan fingerprint density at radius 1 is 0.309 bits per heavy atom. The first-order valence-electron chi connectivity index (χ1n) is 29.0. The average molecular weight is 950 g/mol. The van der Waals surface area contributed by atoms with Gasteiger partial charge < -0.3 is 14.2 Å². The van der Waals surface area contributed by atoms with Crippen LogP contribution in [0.4, 0.5) is 0 Å². The summed E-state index contributed by atoms with van der Waals surface area (Å²) in [5.41, 5.74) is 0. The number of hydrogen-bond acceptors (Lipinski definition) is 6. The van der Waals surface area contributed by atoms with E-state index in [1.54, 1.807) is 0 Å². The summed E-state index contributed by atoms with van der Waals surface area (Å²) < 4.78 is 16.8. The summed E-state index contributed by atoms with van der Waals surface area (Å²) in [6.07, 6.45) is 71.9. The van der Waals surface area contributed by atoms with E-state index in [1.807, 2.05) is 54.7 Å². The summed E-state index contributed by atoms with van der Waals surface area (Å²) in [4.78, 5) is 38.1. The van der Waals surface area contributed by atoms with Crippen LogP contribution in [0.2, 0.25) is 0 Å². The Bertz CT molecular complexity index is 1270. The molecule has 6 heteroatoms. The van der Waals surface area contributed by atoms with E-state index in [-0.39, 0.29) is 37.5 Å². The number of esters is 3. The molecule has 0 aliphatic heterocycles. The van der Waals surface area contributed by atoms with Gasteiger partial charge >= 0.3 is 17.9 Å². The number of hydrogen-bond donors (Lipinski definition) is 0. The van der Waals surface area contributed by atoms with Gasteiger partial charge in [-0.05, 0) is 57.8 Å². The lowest BCUT2D eigenvalue weighted by Gasteiger charge is -2.18. The maximum Gasteiger partial charge on any atom is 0.306 e. The summed E-state index contributed by atoms with van der Waals surface area (Å²) in [6.45, 7) is 6.46. The molecular weight excluding hydrogens is 841 g/mol. The molecule has 68 heavy (non-hydrogen) atoms. The second-order valence-electron chi connectivity index (χ2n) is 19.3. The zero-order valence-corrected chi connectivity index (χ0v) is 44.9. The molecule has 0 bridgehead atoms. The third kappa shape index (κ3) is 53.8. The van der Waals surface area contributed by atoms with Crippen LogP contribution in [0.3, 0.4) is 0 Å². The van der Waals surface area contributed by atoms with Gasteiger partial charge in [-0.3, -0.25) is 14.4 Å². The second-order valence-corrected chi connectivity index (χ2v) is 19.3. The highest BCUT2D eigenvalue weighted by molar-refractivity contribution is 5.71. The fraction of sp³-hybridized carbons (Fsp3) is 0.758. The molecule has 0 radical (unpaired) electrons. The van der Waals surface area contributed by atoms with Crippen molar-refractivity contribution in [3.8, 4) is 0 Å². The molecule has 1 atom stereocenters. The Labute approximate surface area is 421 Å². The summed E-state index contributed by atoms with van der Waals surface area (Å²) >= 11 is 0. The number of ether oxygens (including phenoxy) is 3. The van der Waals surface area contributed by atoms with Crippen molar-refractivity contribution >= 4 is 17.9 Å². The first-order chi connectivity index (χ1) is 33.5. The van der Waals surface area contributed by atoms with Crippen molar-refractivity contribution in [2.45, 2.75) is 290 Å². The van der Waals surface area contributed by atoms with Crippen molar-refractivity contribution < 1.29 is 28.6 Å². The van der Waals surface area contributed by atoms with Crippen LogP contribution in [0.15, 0.2) is 72.9 Å². The first kappa shape index (κ1) is 64.8. The Kier molecular flexibility index (Phi) is 53.8. The number of unbranched alkanes of at least 4 members (excludes halogenated alkanes) is 33. The van der Waals surface area contributed by atoms with Gasteiger partial charge in [0.1, 0.15) is 13.2 Å². The highest BCUT2D eigenvalue weighted by Gasteiger charge is 2.19. The third-order valence-electron chi connectivity index (χ3n) is 12.6. The second kappa shape index (κ2) is 56.4. The van der Waals surface area contributed by atoms with Gasteiger partial charge in [0.15, 0.2) is 6.10 Å². The van der Waals surface area contributed by atoms with E-state index >= 15 is 0 Å². The highest BCUT2D eigenvalue weighted by Crippen LogP contribution is 2.16. The number of allylic oxidation sites excluding steroid dienone is 12. The van der Waals surface area contributed by atoms with Crippen LogP contribution in [-0.4, -0.2) is 37.2 Å². The Hall–Kier alpha value is -3.15. The largest absolute Gasteiger partial charge is 0.462 e. The van der Waals surface area contributed by atoms with Gasteiger partial charge in [-0.2, -0.15) is 0 Å². The number of carbonyl (C=O) groups excluding carboxylic acids is 3. The molecule has 392 valence electrons. The quantitative estimate of drug-likeness (QED) is 0.0199. The van der Waals surface area contributed by atoms with Crippen molar-refractivity contribution in [3.63, 3.8) is 0 Å². The van der Waals surface area contributed by atoms with Gasteiger partial charge in [0.2, 0.25) is 0 Å². The third-order valence-corrected chi connectivity index (χ3v) is 12.6. The molecule has 0 fully saturated rings. The molecule has 0 saturated carbocycles. The summed E-state index contributed by atoms with van der Waals surface area (Å²) in [5, 5.41) is 0. The topological polar surface area (TPSA) is 78.9 Å². The van der Waals surface area contributed by atoms with Crippen LogP contribution in [0, 0.1) is 0 Å². The predicted octanol–water partition coefficient (Wildman–Crippen LogP) is 19.4. The molecule has 0 spiro atoms. The average Bonchev–Trinajstić information content (AvgIpc) is 3.34. The minimum absolute atomic E-state index is 0.0979. The maximum absolute atomic E-state index is 12.9. The van der Waals surface area contributed by atoms with Gasteiger partial charge in [-0.1, -0.05) is 280 Å². The molecule has 0 aliphatic rings. The van der Waals surface area contributed by atoms with Crippen LogP contribution in [0.5, 0.6) is 0 Å². The highest BCUT2D eigenvalue weighted by atomic mass is 16.6. The summed E-state index contributed by atoms with van der Waals surface area (Å²) in [7, 11) is 0. The van der Waals surface area contributed by atoms with Crippen LogP contribution in [0.25, 0.3) is 0 Å². The van der Waals surface area contributed by atoms with Crippen molar-refractivity contribution in [2.24, 2.45) is 0 Å². The molecule has 0 saturated heterocycles. The Morgan fingerprint density at radius 3 is 0.985 bits per heavy atom. The molecule has 0 aromatic carbocycles. The fourth-order valence-corrected chi connectivity index (χ4v) is 8.23. The SMILES string of the molecule is CC/C=C/C=C/C=C/C=C/C=C/CCCC(=O)OCC(COC(=O)CCCCCCCCC/C=C/CCCCCCCCCC)OC(=O)CCCCCCCCCCCCCCCCCCCC. The molecule has 0 aromatic heterocycles. The Morgan fingerprint density at radius 2 is 0.603 bits per heavy atom. The van der Waals surface area contributed by atoms with Crippen molar-refractivity contribution in [2.75, 3.05) is 13.2 Å². The van der Waals surface area contributed by atoms with E-state index in [4.69, 9.17) is 14.2 Å². The van der Waals surface area contributed by atoms with E-state index in [9.17, 15) is 14.4 Å².